The van der Waals surface area contributed by atoms with E-state index in [-0.39, 0.29) is 11.6 Å². The average Bonchev–Trinajstić information content (AvgIpc) is 2.37. The number of benzene rings is 2. The lowest BCUT2D eigenvalue weighted by atomic mass is 10.2. The molecule has 0 fully saturated rings. The summed E-state index contributed by atoms with van der Waals surface area (Å²) in [5, 5.41) is 4.31. The van der Waals surface area contributed by atoms with E-state index in [0.717, 1.165) is 5.56 Å². The molecule has 2 aromatic carbocycles. The summed E-state index contributed by atoms with van der Waals surface area (Å²) in [5.74, 6) is -0.425. The van der Waals surface area contributed by atoms with E-state index in [0.29, 0.717) is 21.3 Å². The first-order valence-corrected chi connectivity index (χ1v) is 6.75. The standard InChI is InChI=1S/C14H11Cl3FN/c1-8-5-12(17)13(6-11(8)16)19-7-9-3-2-4-10(15)14(9)18/h2-6,19H,7H2,1H3. The molecule has 100 valence electrons. The third-order valence-electron chi connectivity index (χ3n) is 2.75. The molecule has 0 unspecified atom stereocenters. The third-order valence-corrected chi connectivity index (χ3v) is 3.76. The van der Waals surface area contributed by atoms with Crippen LogP contribution in [0.3, 0.4) is 0 Å². The van der Waals surface area contributed by atoms with Crippen molar-refractivity contribution >= 4 is 40.5 Å². The van der Waals surface area contributed by atoms with Gasteiger partial charge < -0.3 is 5.32 Å². The number of nitrogens with one attached hydrogen (secondary N) is 1. The quantitative estimate of drug-likeness (QED) is 0.764. The third kappa shape index (κ3) is 3.33. The summed E-state index contributed by atoms with van der Waals surface area (Å²) in [7, 11) is 0. The molecule has 5 heteroatoms. The number of halogens is 4. The van der Waals surface area contributed by atoms with Gasteiger partial charge in [-0.1, -0.05) is 46.9 Å². The van der Waals surface area contributed by atoms with Crippen LogP contribution in [0.5, 0.6) is 0 Å². The van der Waals surface area contributed by atoms with E-state index in [1.165, 1.54) is 6.07 Å². The Kier molecular flexibility index (Phi) is 4.56. The van der Waals surface area contributed by atoms with Crippen molar-refractivity contribution in [3.05, 3.63) is 62.3 Å². The van der Waals surface area contributed by atoms with Gasteiger partial charge in [-0.15, -0.1) is 0 Å². The van der Waals surface area contributed by atoms with Gasteiger partial charge in [0.1, 0.15) is 5.82 Å². The van der Waals surface area contributed by atoms with E-state index >= 15 is 0 Å². The molecule has 0 radical (unpaired) electrons. The van der Waals surface area contributed by atoms with Crippen LogP contribution >= 0.6 is 34.8 Å². The lowest BCUT2D eigenvalue weighted by Crippen LogP contribution is -2.03. The van der Waals surface area contributed by atoms with Gasteiger partial charge in [-0.2, -0.15) is 0 Å². The molecule has 0 aromatic heterocycles. The normalized spacial score (nSPS) is 10.6. The number of aryl methyl sites for hydroxylation is 1. The monoisotopic (exact) mass is 317 g/mol. The highest BCUT2D eigenvalue weighted by molar-refractivity contribution is 6.35. The summed E-state index contributed by atoms with van der Waals surface area (Å²) in [6.45, 7) is 2.15. The van der Waals surface area contributed by atoms with Crippen LogP contribution in [0.25, 0.3) is 0 Å². The van der Waals surface area contributed by atoms with Crippen LogP contribution in [0.15, 0.2) is 30.3 Å². The van der Waals surface area contributed by atoms with Gasteiger partial charge >= 0.3 is 0 Å². The average molecular weight is 319 g/mol. The molecule has 2 aromatic rings. The van der Waals surface area contributed by atoms with Crippen LogP contribution in [0.2, 0.25) is 15.1 Å². The fraction of sp³-hybridized carbons (Fsp3) is 0.143. The second-order valence-corrected chi connectivity index (χ2v) is 5.37. The lowest BCUT2D eigenvalue weighted by Gasteiger charge is -2.11. The molecular formula is C14H11Cl3FN. The molecule has 0 atom stereocenters. The van der Waals surface area contributed by atoms with Gasteiger partial charge in [-0.25, -0.2) is 4.39 Å². The number of rotatable bonds is 3. The maximum Gasteiger partial charge on any atom is 0.146 e. The number of anilines is 1. The van der Waals surface area contributed by atoms with Gasteiger partial charge in [0.2, 0.25) is 0 Å². The van der Waals surface area contributed by atoms with Crippen LogP contribution < -0.4 is 5.32 Å². The zero-order chi connectivity index (χ0) is 14.0. The van der Waals surface area contributed by atoms with Gasteiger partial charge in [0.15, 0.2) is 0 Å². The van der Waals surface area contributed by atoms with Crippen LogP contribution in [-0.4, -0.2) is 0 Å². The Balaban J connectivity index is 2.19. The molecule has 0 bridgehead atoms. The first-order valence-electron chi connectivity index (χ1n) is 5.61. The van der Waals surface area contributed by atoms with Crippen molar-refractivity contribution in [1.82, 2.24) is 0 Å². The Hall–Kier alpha value is -0.960. The molecule has 0 saturated carbocycles. The molecule has 1 N–H and O–H groups in total. The topological polar surface area (TPSA) is 12.0 Å². The predicted molar refractivity (Wildman–Crippen MR) is 79.9 cm³/mol. The Labute approximate surface area is 126 Å². The summed E-state index contributed by atoms with van der Waals surface area (Å²) in [5.41, 5.74) is 2.03. The zero-order valence-electron chi connectivity index (χ0n) is 10.1. The SMILES string of the molecule is Cc1cc(Cl)c(NCc2cccc(Cl)c2F)cc1Cl. The minimum Gasteiger partial charge on any atom is -0.380 e. The highest BCUT2D eigenvalue weighted by Crippen LogP contribution is 2.29. The molecule has 0 saturated heterocycles. The minimum atomic E-state index is -0.425. The van der Waals surface area contributed by atoms with Crippen molar-refractivity contribution in [1.29, 1.82) is 0 Å². The Morgan fingerprint density at radius 2 is 1.79 bits per heavy atom. The van der Waals surface area contributed by atoms with Crippen molar-refractivity contribution < 1.29 is 4.39 Å². The fourth-order valence-electron chi connectivity index (χ4n) is 1.66. The fourth-order valence-corrected chi connectivity index (χ4v) is 2.30. The summed E-state index contributed by atoms with van der Waals surface area (Å²) >= 11 is 17.9. The highest BCUT2D eigenvalue weighted by Gasteiger charge is 2.08. The lowest BCUT2D eigenvalue weighted by molar-refractivity contribution is 0.613. The maximum absolute atomic E-state index is 13.7. The Morgan fingerprint density at radius 1 is 1.05 bits per heavy atom. The van der Waals surface area contributed by atoms with E-state index in [2.05, 4.69) is 5.32 Å². The van der Waals surface area contributed by atoms with Gasteiger partial charge in [-0.05, 0) is 30.7 Å². The second kappa shape index (κ2) is 6.00. The molecule has 0 heterocycles. The largest absolute Gasteiger partial charge is 0.380 e. The summed E-state index contributed by atoms with van der Waals surface area (Å²) < 4.78 is 13.7. The Morgan fingerprint density at radius 3 is 2.53 bits per heavy atom. The van der Waals surface area contributed by atoms with Gasteiger partial charge in [0.05, 0.1) is 15.7 Å². The maximum atomic E-state index is 13.7. The van der Waals surface area contributed by atoms with Gasteiger partial charge in [0, 0.05) is 17.1 Å². The highest BCUT2D eigenvalue weighted by atomic mass is 35.5. The first kappa shape index (κ1) is 14.4. The van der Waals surface area contributed by atoms with Crippen LogP contribution in [-0.2, 0) is 6.54 Å². The zero-order valence-corrected chi connectivity index (χ0v) is 12.4. The number of hydrogen-bond donors (Lipinski definition) is 1. The second-order valence-electron chi connectivity index (χ2n) is 4.15. The molecule has 0 aliphatic carbocycles. The summed E-state index contributed by atoms with van der Waals surface area (Å²) in [6, 6.07) is 8.36. The smallest absolute Gasteiger partial charge is 0.146 e. The Bertz CT molecular complexity index is 614. The van der Waals surface area contributed by atoms with E-state index in [1.54, 1.807) is 24.3 Å². The molecule has 0 amide bonds. The minimum absolute atomic E-state index is 0.104. The van der Waals surface area contributed by atoms with Crippen molar-refractivity contribution in [2.24, 2.45) is 0 Å². The van der Waals surface area contributed by atoms with E-state index in [9.17, 15) is 4.39 Å². The van der Waals surface area contributed by atoms with Crippen molar-refractivity contribution in [3.63, 3.8) is 0 Å². The van der Waals surface area contributed by atoms with E-state index in [4.69, 9.17) is 34.8 Å². The molecule has 0 spiro atoms. The molecule has 1 nitrogen and oxygen atoms in total. The summed E-state index contributed by atoms with van der Waals surface area (Å²) in [6.07, 6.45) is 0. The van der Waals surface area contributed by atoms with Gasteiger partial charge in [0.25, 0.3) is 0 Å². The van der Waals surface area contributed by atoms with Crippen LogP contribution in [0, 0.1) is 12.7 Å². The van der Waals surface area contributed by atoms with Crippen molar-refractivity contribution in [2.45, 2.75) is 13.5 Å². The van der Waals surface area contributed by atoms with Crippen LogP contribution in [0.1, 0.15) is 11.1 Å². The first-order chi connectivity index (χ1) is 8.99. The number of hydrogen-bond acceptors (Lipinski definition) is 1. The molecule has 19 heavy (non-hydrogen) atoms. The summed E-state index contributed by atoms with van der Waals surface area (Å²) in [4.78, 5) is 0. The van der Waals surface area contributed by atoms with E-state index in [1.807, 2.05) is 6.92 Å². The molecule has 2 rings (SSSR count). The van der Waals surface area contributed by atoms with Crippen molar-refractivity contribution in [3.8, 4) is 0 Å². The van der Waals surface area contributed by atoms with Crippen molar-refractivity contribution in [2.75, 3.05) is 5.32 Å². The molecule has 0 aliphatic rings. The molecular weight excluding hydrogens is 308 g/mol. The van der Waals surface area contributed by atoms with E-state index < -0.39 is 5.82 Å². The predicted octanol–water partition coefficient (Wildman–Crippen LogP) is 5.71. The van der Waals surface area contributed by atoms with Crippen LogP contribution in [0.4, 0.5) is 10.1 Å². The molecule has 0 aliphatic heterocycles. The van der Waals surface area contributed by atoms with Gasteiger partial charge in [-0.3, -0.25) is 0 Å².